The maximum atomic E-state index is 10.5. The molecule has 0 amide bonds. The molecule has 114 heavy (non-hydrogen) atoms. The highest BCUT2D eigenvalue weighted by atomic mass is 16.6. The van der Waals surface area contributed by atoms with Crippen LogP contribution in [-0.4, -0.2) is 284 Å². The summed E-state index contributed by atoms with van der Waals surface area (Å²) >= 11 is 0. The Hall–Kier alpha value is -15.8. The van der Waals surface area contributed by atoms with E-state index >= 15 is 0 Å². The van der Waals surface area contributed by atoms with Gasteiger partial charge in [-0.3, -0.25) is 0 Å². The number of carboxylic acid groups (broad SMARTS) is 12. The van der Waals surface area contributed by atoms with Gasteiger partial charge in [0, 0.05) is 69.9 Å². The minimum absolute atomic E-state index is 0.196. The quantitative estimate of drug-likeness (QED) is 0.0222. The molecular weight excluding hydrogens is 1560 g/mol. The molecule has 0 aromatic carbocycles. The molecule has 0 bridgehead atoms. The van der Waals surface area contributed by atoms with E-state index in [9.17, 15) is 115 Å². The summed E-state index contributed by atoms with van der Waals surface area (Å²) in [6, 6.07) is 0. The molecule has 0 heterocycles. The molecule has 0 aliphatic rings. The van der Waals surface area contributed by atoms with E-state index in [1.165, 1.54) is 41.5 Å². The van der Waals surface area contributed by atoms with E-state index in [1.807, 2.05) is 0 Å². The van der Waals surface area contributed by atoms with Gasteiger partial charge in [0.15, 0.2) is 79.3 Å². The second kappa shape index (κ2) is 82.8. The molecule has 0 radical (unpaired) electrons. The summed E-state index contributed by atoms with van der Waals surface area (Å²) in [5, 5.41) is 95.9. The number of carbonyl (C=O) groups is 24. The topological polar surface area (TPSA) is 763 Å². The Bertz CT molecular complexity index is 2870. The Balaban J connectivity index is -0.0000000996. The first kappa shape index (κ1) is 125. The van der Waals surface area contributed by atoms with Gasteiger partial charge in [-0.2, -0.15) is 0 Å². The van der Waals surface area contributed by atoms with Gasteiger partial charge < -0.3 is 118 Å². The van der Waals surface area contributed by atoms with Gasteiger partial charge in [-0.15, -0.1) is 0 Å². The van der Waals surface area contributed by atoms with Crippen molar-refractivity contribution >= 4 is 143 Å². The molecule has 0 unspecified atom stereocenters. The van der Waals surface area contributed by atoms with Crippen molar-refractivity contribution in [2.75, 3.05) is 79.3 Å². The van der Waals surface area contributed by atoms with Crippen LogP contribution in [0.5, 0.6) is 0 Å². The van der Waals surface area contributed by atoms with Crippen molar-refractivity contribution in [2.45, 2.75) is 41.5 Å². The van der Waals surface area contributed by atoms with Crippen LogP contribution in [0.15, 0.2) is 149 Å². The summed E-state index contributed by atoms with van der Waals surface area (Å²) < 4.78 is 49.9. The second-order valence-corrected chi connectivity index (χ2v) is 17.7. The molecule has 0 fully saturated rings. The normalized spacial score (nSPS) is 8.26. The lowest BCUT2D eigenvalue weighted by molar-refractivity contribution is -0.152. The van der Waals surface area contributed by atoms with Gasteiger partial charge in [-0.1, -0.05) is 78.9 Å². The van der Waals surface area contributed by atoms with Gasteiger partial charge in [-0.25, -0.2) is 115 Å². The largest absolute Gasteiger partial charge is 0.479 e. The fraction of sp³-hybridized carbons (Fsp3) is 0.273. The van der Waals surface area contributed by atoms with Crippen LogP contribution >= 0.6 is 0 Å². The highest BCUT2D eigenvalue weighted by molar-refractivity contribution is 5.92. The van der Waals surface area contributed by atoms with Gasteiger partial charge in [0.05, 0.1) is 0 Å². The Morgan fingerprint density at radius 1 is 0.175 bits per heavy atom. The highest BCUT2D eigenvalue weighted by Gasteiger charge is 2.11. The monoisotopic (exact) mass is 1640 g/mol. The Morgan fingerprint density at radius 3 is 0.298 bits per heavy atom. The van der Waals surface area contributed by atoms with Crippen molar-refractivity contribution in [1.29, 1.82) is 0 Å². The molecular formula is C66H84O48. The first-order chi connectivity index (χ1) is 52.2. The average Bonchev–Trinajstić information content (AvgIpc) is 1.02. The van der Waals surface area contributed by atoms with Crippen LogP contribution in [0.4, 0.5) is 0 Å². The van der Waals surface area contributed by atoms with Gasteiger partial charge in [0.2, 0.25) is 0 Å². The fourth-order valence-electron chi connectivity index (χ4n) is 2.65. The van der Waals surface area contributed by atoms with E-state index in [2.05, 4.69) is 136 Å². The maximum Gasteiger partial charge on any atom is 0.341 e. The minimum atomic E-state index is -1.18. The molecule has 0 aliphatic heterocycles. The van der Waals surface area contributed by atoms with Crippen LogP contribution in [0.3, 0.4) is 0 Å². The fourth-order valence-corrected chi connectivity index (χ4v) is 2.65. The van der Waals surface area contributed by atoms with E-state index in [4.69, 9.17) is 61.3 Å². The Kier molecular flexibility index (Phi) is 90.7. The molecule has 0 atom stereocenters. The zero-order valence-corrected chi connectivity index (χ0v) is 61.5. The minimum Gasteiger partial charge on any atom is -0.479 e. The molecule has 48 heteroatoms. The van der Waals surface area contributed by atoms with Crippen LogP contribution in [0, 0.1) is 0 Å². The summed E-state index contributed by atoms with van der Waals surface area (Å²) in [5.74, 6) is -22.5. The van der Waals surface area contributed by atoms with Crippen LogP contribution in [-0.2, 0) is 172 Å². The first-order valence-corrected chi connectivity index (χ1v) is 28.5. The van der Waals surface area contributed by atoms with Crippen LogP contribution in [0.2, 0.25) is 0 Å². The summed E-state index contributed by atoms with van der Waals surface area (Å²) in [7, 11) is 0. The van der Waals surface area contributed by atoms with Crippen molar-refractivity contribution in [3.8, 4) is 0 Å². The summed E-state index contributed by atoms with van der Waals surface area (Å²) in [4.78, 5) is 241. The number of esters is 12. The van der Waals surface area contributed by atoms with Crippen molar-refractivity contribution < 1.29 is 233 Å². The number of rotatable bonds is 36. The van der Waals surface area contributed by atoms with E-state index < -0.39 is 223 Å². The van der Waals surface area contributed by atoms with Gasteiger partial charge in [0.1, 0.15) is 0 Å². The van der Waals surface area contributed by atoms with Crippen LogP contribution < -0.4 is 0 Å². The second-order valence-electron chi connectivity index (χ2n) is 17.7. The predicted molar refractivity (Wildman–Crippen MR) is 373 cm³/mol. The van der Waals surface area contributed by atoms with Gasteiger partial charge in [0.25, 0.3) is 0 Å². The number of hydrogen-bond acceptors (Lipinski definition) is 36. The molecule has 0 spiro atoms. The lowest BCUT2D eigenvalue weighted by Crippen LogP contribution is -2.12. The van der Waals surface area contributed by atoms with E-state index in [0.717, 1.165) is 36.5 Å². The maximum absolute atomic E-state index is 10.5. The molecule has 0 aromatic rings. The van der Waals surface area contributed by atoms with E-state index in [1.54, 1.807) is 0 Å². The van der Waals surface area contributed by atoms with Crippen molar-refractivity contribution in [3.63, 3.8) is 0 Å². The number of carboxylic acids is 12. The third-order valence-corrected chi connectivity index (χ3v) is 7.08. The summed E-state index contributed by atoms with van der Waals surface area (Å²) in [6.07, 6.45) is 5.43. The van der Waals surface area contributed by atoms with Gasteiger partial charge >= 0.3 is 143 Å². The Labute approximate surface area is 644 Å². The first-order valence-electron chi connectivity index (χ1n) is 28.5. The van der Waals surface area contributed by atoms with Crippen LogP contribution in [0.1, 0.15) is 41.5 Å². The van der Waals surface area contributed by atoms with Crippen molar-refractivity contribution in [1.82, 2.24) is 0 Å². The smallest absolute Gasteiger partial charge is 0.341 e. The lowest BCUT2D eigenvalue weighted by Gasteiger charge is -1.98. The predicted octanol–water partition coefficient (Wildman–Crippen LogP) is -0.0570. The molecule has 636 valence electrons. The average molecular weight is 1650 g/mol. The summed E-state index contributed by atoms with van der Waals surface area (Å²) in [6.45, 7) is 39.4. The lowest BCUT2D eigenvalue weighted by atomic mass is 10.4. The zero-order valence-electron chi connectivity index (χ0n) is 61.5. The molecule has 0 rings (SSSR count). The standard InChI is InChI=1S/6C6H8O4.6C5H6O4/c6*1-4(2)6(9)10-3-5(7)8;6*1-2-5(8)9-3-4(6)7/h6*1,3H2,2H3,(H,7,8);6*2H,1,3H2,(H,6,7). The van der Waals surface area contributed by atoms with Gasteiger partial charge in [-0.05, 0) is 41.5 Å². The molecule has 0 saturated carbocycles. The molecule has 0 aromatic heterocycles. The SMILES string of the molecule is C=C(C)C(=O)OCC(=O)O.C=C(C)C(=O)OCC(=O)O.C=C(C)C(=O)OCC(=O)O.C=C(C)C(=O)OCC(=O)O.C=C(C)C(=O)OCC(=O)O.C=C(C)C(=O)OCC(=O)O.C=CC(=O)OCC(=O)O.C=CC(=O)OCC(=O)O.C=CC(=O)OCC(=O)O.C=CC(=O)OCC(=O)O.C=CC(=O)OCC(=O)O.C=CC(=O)OCC(=O)O. The molecule has 48 nitrogen and oxygen atoms in total. The highest BCUT2D eigenvalue weighted by Crippen LogP contribution is 1.95. The number of carbonyl (C=O) groups excluding carboxylic acids is 12. The zero-order chi connectivity index (χ0) is 92.5. The van der Waals surface area contributed by atoms with E-state index in [0.29, 0.717) is 0 Å². The number of ether oxygens (including phenoxy) is 12. The molecule has 12 N–H and O–H groups in total. The number of hydrogen-bond donors (Lipinski definition) is 12. The third kappa shape index (κ3) is 136. The van der Waals surface area contributed by atoms with Crippen molar-refractivity contribution in [3.05, 3.63) is 149 Å². The number of aliphatic carboxylic acids is 12. The third-order valence-electron chi connectivity index (χ3n) is 7.08. The van der Waals surface area contributed by atoms with Crippen molar-refractivity contribution in [2.24, 2.45) is 0 Å². The molecule has 0 aliphatic carbocycles. The van der Waals surface area contributed by atoms with E-state index in [-0.39, 0.29) is 33.4 Å². The van der Waals surface area contributed by atoms with Crippen LogP contribution in [0.25, 0.3) is 0 Å². The summed E-state index contributed by atoms with van der Waals surface area (Å²) in [5.41, 5.74) is 1.17. The molecule has 0 saturated heterocycles. The Morgan fingerprint density at radius 2 is 0.246 bits per heavy atom.